The van der Waals surface area contributed by atoms with Gasteiger partial charge in [-0.15, -0.1) is 0 Å². The van der Waals surface area contributed by atoms with Crippen LogP contribution in [0.25, 0.3) is 0 Å². The molecule has 0 bridgehead atoms. The summed E-state index contributed by atoms with van der Waals surface area (Å²) in [5, 5.41) is 5.68. The van der Waals surface area contributed by atoms with E-state index in [1.54, 1.807) is 31.6 Å². The lowest BCUT2D eigenvalue weighted by Gasteiger charge is -2.22. The molecule has 0 aliphatic rings. The van der Waals surface area contributed by atoms with Crippen molar-refractivity contribution in [2.24, 2.45) is 5.92 Å². The van der Waals surface area contributed by atoms with Gasteiger partial charge >= 0.3 is 0 Å². The summed E-state index contributed by atoms with van der Waals surface area (Å²) in [7, 11) is 1.62. The third-order valence-electron chi connectivity index (χ3n) is 4.12. The lowest BCUT2D eigenvalue weighted by atomic mass is 10.0. The van der Waals surface area contributed by atoms with Crippen LogP contribution in [0.2, 0.25) is 0 Å². The molecule has 0 aliphatic heterocycles. The summed E-state index contributed by atoms with van der Waals surface area (Å²) in [6.07, 6.45) is 3.09. The number of aromatic nitrogens is 1. The first-order valence-electron chi connectivity index (χ1n) is 9.20. The zero-order valence-electron chi connectivity index (χ0n) is 16.5. The maximum atomic E-state index is 12.6. The number of ether oxygens (including phenoxy) is 2. The minimum absolute atomic E-state index is 0.0534. The molecule has 2 amide bonds. The average molecular weight is 385 g/mol. The standard InChI is InChI=1S/C21H27N3O4/c1-15(2)19(24-20(25)17-8-10-22-11-9-17)21(26)23-14-16-4-6-18(7-5-16)28-13-12-27-3/h4-11,15,19H,12-14H2,1-3H3,(H,23,26)(H,24,25)/t19-/m0/s1. The van der Waals surface area contributed by atoms with Crippen LogP contribution in [0.15, 0.2) is 48.8 Å². The van der Waals surface area contributed by atoms with Crippen LogP contribution in [0.3, 0.4) is 0 Å². The predicted octanol–water partition coefficient (Wildman–Crippen LogP) is 2.18. The molecular formula is C21H27N3O4. The van der Waals surface area contributed by atoms with E-state index in [2.05, 4.69) is 15.6 Å². The Labute approximate surface area is 165 Å². The fraction of sp³-hybridized carbons (Fsp3) is 0.381. The molecule has 0 radical (unpaired) electrons. The highest BCUT2D eigenvalue weighted by atomic mass is 16.5. The van der Waals surface area contributed by atoms with Crippen LogP contribution in [-0.2, 0) is 16.1 Å². The Hall–Kier alpha value is -2.93. The Balaban J connectivity index is 1.89. The van der Waals surface area contributed by atoms with Gasteiger partial charge in [-0.2, -0.15) is 0 Å². The van der Waals surface area contributed by atoms with Crippen LogP contribution < -0.4 is 15.4 Å². The number of amides is 2. The molecule has 7 nitrogen and oxygen atoms in total. The van der Waals surface area contributed by atoms with Crippen LogP contribution in [0.4, 0.5) is 0 Å². The summed E-state index contributed by atoms with van der Waals surface area (Å²) >= 11 is 0. The average Bonchev–Trinajstić information content (AvgIpc) is 2.71. The number of carbonyl (C=O) groups excluding carboxylic acids is 2. The largest absolute Gasteiger partial charge is 0.491 e. The molecule has 0 unspecified atom stereocenters. The van der Waals surface area contributed by atoms with Crippen molar-refractivity contribution in [1.29, 1.82) is 0 Å². The van der Waals surface area contributed by atoms with Crippen molar-refractivity contribution in [2.75, 3.05) is 20.3 Å². The second-order valence-corrected chi connectivity index (χ2v) is 6.63. The molecule has 2 N–H and O–H groups in total. The van der Waals surface area contributed by atoms with Crippen molar-refractivity contribution in [1.82, 2.24) is 15.6 Å². The highest BCUT2D eigenvalue weighted by Crippen LogP contribution is 2.12. The van der Waals surface area contributed by atoms with Gasteiger partial charge < -0.3 is 20.1 Å². The van der Waals surface area contributed by atoms with E-state index in [1.165, 1.54) is 0 Å². The van der Waals surface area contributed by atoms with Crippen LogP contribution >= 0.6 is 0 Å². The molecule has 2 rings (SSSR count). The summed E-state index contributed by atoms with van der Waals surface area (Å²) in [5.41, 5.74) is 1.41. The zero-order valence-corrected chi connectivity index (χ0v) is 16.5. The predicted molar refractivity (Wildman–Crippen MR) is 106 cm³/mol. The van der Waals surface area contributed by atoms with Crippen molar-refractivity contribution in [2.45, 2.75) is 26.4 Å². The van der Waals surface area contributed by atoms with Crippen LogP contribution in [0.5, 0.6) is 5.75 Å². The Kier molecular flexibility index (Phi) is 8.42. The number of methoxy groups -OCH3 is 1. The topological polar surface area (TPSA) is 89.5 Å². The number of nitrogens with one attached hydrogen (secondary N) is 2. The van der Waals surface area contributed by atoms with E-state index in [0.717, 1.165) is 11.3 Å². The van der Waals surface area contributed by atoms with Crippen molar-refractivity contribution >= 4 is 11.8 Å². The number of nitrogens with zero attached hydrogens (tertiary/aromatic N) is 1. The Morgan fingerprint density at radius 1 is 1.04 bits per heavy atom. The molecule has 1 heterocycles. The van der Waals surface area contributed by atoms with Gasteiger partial charge in [0.1, 0.15) is 18.4 Å². The molecule has 1 atom stereocenters. The number of pyridine rings is 1. The van der Waals surface area contributed by atoms with E-state index in [1.807, 2.05) is 38.1 Å². The molecule has 0 saturated carbocycles. The summed E-state index contributed by atoms with van der Waals surface area (Å²) < 4.78 is 10.5. The normalized spacial score (nSPS) is 11.7. The molecule has 0 spiro atoms. The van der Waals surface area contributed by atoms with E-state index in [0.29, 0.717) is 25.3 Å². The zero-order chi connectivity index (χ0) is 20.4. The summed E-state index contributed by atoms with van der Waals surface area (Å²) in [6.45, 7) is 5.16. The fourth-order valence-corrected chi connectivity index (χ4v) is 2.51. The monoisotopic (exact) mass is 385 g/mol. The lowest BCUT2D eigenvalue weighted by Crippen LogP contribution is -2.49. The quantitative estimate of drug-likeness (QED) is 0.612. The molecule has 150 valence electrons. The minimum atomic E-state index is -0.627. The SMILES string of the molecule is COCCOc1ccc(CNC(=O)[C@@H](NC(=O)c2ccncc2)C(C)C)cc1. The van der Waals surface area contributed by atoms with Crippen LogP contribution in [-0.4, -0.2) is 43.2 Å². The van der Waals surface area contributed by atoms with Crippen LogP contribution in [0.1, 0.15) is 29.8 Å². The first kappa shape index (κ1) is 21.4. The van der Waals surface area contributed by atoms with Crippen molar-refractivity contribution in [3.05, 3.63) is 59.9 Å². The Morgan fingerprint density at radius 2 is 1.71 bits per heavy atom. The highest BCUT2D eigenvalue weighted by Gasteiger charge is 2.24. The van der Waals surface area contributed by atoms with Gasteiger partial charge in [0.2, 0.25) is 5.91 Å². The van der Waals surface area contributed by atoms with Gasteiger partial charge in [-0.25, -0.2) is 0 Å². The van der Waals surface area contributed by atoms with Crippen molar-refractivity contribution < 1.29 is 19.1 Å². The van der Waals surface area contributed by atoms with E-state index >= 15 is 0 Å². The minimum Gasteiger partial charge on any atom is -0.491 e. The number of hydrogen-bond acceptors (Lipinski definition) is 5. The molecular weight excluding hydrogens is 358 g/mol. The number of carbonyl (C=O) groups is 2. The third-order valence-corrected chi connectivity index (χ3v) is 4.12. The summed E-state index contributed by atoms with van der Waals surface area (Å²) in [4.78, 5) is 28.8. The summed E-state index contributed by atoms with van der Waals surface area (Å²) in [6, 6.07) is 10.1. The molecule has 28 heavy (non-hydrogen) atoms. The molecule has 1 aromatic carbocycles. The lowest BCUT2D eigenvalue weighted by molar-refractivity contribution is -0.124. The molecule has 0 fully saturated rings. The van der Waals surface area contributed by atoms with E-state index in [9.17, 15) is 9.59 Å². The van der Waals surface area contributed by atoms with E-state index in [-0.39, 0.29) is 17.7 Å². The van der Waals surface area contributed by atoms with Crippen molar-refractivity contribution in [3.63, 3.8) is 0 Å². The number of benzene rings is 1. The molecule has 0 aliphatic carbocycles. The van der Waals surface area contributed by atoms with Gasteiger partial charge in [0.05, 0.1) is 6.61 Å². The Morgan fingerprint density at radius 3 is 2.32 bits per heavy atom. The fourth-order valence-electron chi connectivity index (χ4n) is 2.51. The van der Waals surface area contributed by atoms with E-state index < -0.39 is 6.04 Å². The van der Waals surface area contributed by atoms with Gasteiger partial charge in [0.25, 0.3) is 5.91 Å². The first-order chi connectivity index (χ1) is 13.5. The third kappa shape index (κ3) is 6.66. The van der Waals surface area contributed by atoms with Gasteiger partial charge in [-0.1, -0.05) is 26.0 Å². The van der Waals surface area contributed by atoms with Crippen molar-refractivity contribution in [3.8, 4) is 5.75 Å². The second kappa shape index (κ2) is 11.0. The van der Waals surface area contributed by atoms with Gasteiger partial charge in [0.15, 0.2) is 0 Å². The summed E-state index contributed by atoms with van der Waals surface area (Å²) in [5.74, 6) is 0.172. The molecule has 7 heteroatoms. The second-order valence-electron chi connectivity index (χ2n) is 6.63. The van der Waals surface area contributed by atoms with Gasteiger partial charge in [-0.3, -0.25) is 14.6 Å². The maximum Gasteiger partial charge on any atom is 0.252 e. The highest BCUT2D eigenvalue weighted by molar-refractivity contribution is 5.97. The molecule has 1 aromatic heterocycles. The molecule has 0 saturated heterocycles. The number of hydrogen-bond donors (Lipinski definition) is 2. The Bertz CT molecular complexity index is 748. The number of rotatable bonds is 10. The molecule has 2 aromatic rings. The smallest absolute Gasteiger partial charge is 0.252 e. The maximum absolute atomic E-state index is 12.6. The first-order valence-corrected chi connectivity index (χ1v) is 9.20. The van der Waals surface area contributed by atoms with Crippen LogP contribution in [0, 0.1) is 5.92 Å². The van der Waals surface area contributed by atoms with Gasteiger partial charge in [0, 0.05) is 31.6 Å². The van der Waals surface area contributed by atoms with Gasteiger partial charge in [-0.05, 0) is 35.7 Å². The van der Waals surface area contributed by atoms with E-state index in [4.69, 9.17) is 9.47 Å².